The van der Waals surface area contributed by atoms with Gasteiger partial charge in [0.1, 0.15) is 13.2 Å². The van der Waals surface area contributed by atoms with E-state index in [0.29, 0.717) is 0 Å². The highest BCUT2D eigenvalue weighted by molar-refractivity contribution is 7.87. The molecule has 0 aliphatic rings. The summed E-state index contributed by atoms with van der Waals surface area (Å²) in [5, 5.41) is -10.3. The van der Waals surface area contributed by atoms with E-state index in [0.717, 1.165) is 0 Å². The van der Waals surface area contributed by atoms with Crippen LogP contribution < -0.4 is 0 Å². The van der Waals surface area contributed by atoms with E-state index < -0.39 is 44.2 Å². The first-order valence-electron chi connectivity index (χ1n) is 3.42. The van der Waals surface area contributed by atoms with Gasteiger partial charge in [-0.2, -0.15) is 34.4 Å². The van der Waals surface area contributed by atoms with Gasteiger partial charge >= 0.3 is 31.0 Å². The zero-order valence-electron chi connectivity index (χ0n) is 7.54. The molecule has 0 aromatic carbocycles. The summed E-state index contributed by atoms with van der Waals surface area (Å²) in [5.41, 5.74) is 0. The molecule has 0 heterocycles. The highest BCUT2D eigenvalue weighted by Gasteiger charge is 2.50. The molecule has 0 aliphatic heterocycles. The number of hydrogen-bond donors (Lipinski definition) is 0. The molecule has 0 rings (SSSR count). The van der Waals surface area contributed by atoms with Gasteiger partial charge in [0.25, 0.3) is 0 Å². The van der Waals surface area contributed by atoms with Crippen molar-refractivity contribution < 1.29 is 46.9 Å². The first-order chi connectivity index (χ1) is 7.21. The van der Waals surface area contributed by atoms with Crippen LogP contribution >= 0.6 is 0 Å². The third kappa shape index (κ3) is 4.31. The maximum atomic E-state index is 12.2. The van der Waals surface area contributed by atoms with Crippen molar-refractivity contribution >= 4 is 20.4 Å². The van der Waals surface area contributed by atoms with Gasteiger partial charge in [-0.05, 0) is 0 Å². The number of rotatable bonds is 6. The second-order valence-electron chi connectivity index (χ2n) is 2.64. The summed E-state index contributed by atoms with van der Waals surface area (Å²) in [4.78, 5) is 0. The molecule has 104 valence electrons. The predicted molar refractivity (Wildman–Crippen MR) is 40.8 cm³/mol. The molecular formula is C4H4F6O5S2. The third-order valence-electron chi connectivity index (χ3n) is 1.25. The smallest absolute Gasteiger partial charge is 0.366 e. The topological polar surface area (TPSA) is 77.5 Å². The zero-order chi connectivity index (χ0) is 14.1. The molecule has 0 saturated carbocycles. The van der Waals surface area contributed by atoms with E-state index in [2.05, 4.69) is 4.74 Å². The second-order valence-corrected chi connectivity index (χ2v) is 5.59. The van der Waals surface area contributed by atoms with Crippen molar-refractivity contribution in [3.05, 3.63) is 0 Å². The van der Waals surface area contributed by atoms with Crippen molar-refractivity contribution in [2.24, 2.45) is 0 Å². The Morgan fingerprint density at radius 2 is 1.00 bits per heavy atom. The molecular weight excluding hydrogens is 306 g/mol. The minimum atomic E-state index is -6.40. The molecule has 0 spiro atoms. The van der Waals surface area contributed by atoms with Crippen molar-refractivity contribution in [2.75, 3.05) is 13.2 Å². The highest BCUT2D eigenvalue weighted by Crippen LogP contribution is 2.27. The van der Waals surface area contributed by atoms with Gasteiger partial charge in [-0.15, -0.1) is 0 Å². The van der Waals surface area contributed by atoms with Crippen LogP contribution in [0.25, 0.3) is 0 Å². The van der Waals surface area contributed by atoms with Gasteiger partial charge in [0.05, 0.1) is 0 Å². The van der Waals surface area contributed by atoms with Gasteiger partial charge in [-0.3, -0.25) is 0 Å². The van der Waals surface area contributed by atoms with Crippen LogP contribution in [-0.2, 0) is 25.2 Å². The van der Waals surface area contributed by atoms with Crippen molar-refractivity contribution in [3.63, 3.8) is 0 Å². The van der Waals surface area contributed by atoms with Crippen LogP contribution in [0.15, 0.2) is 0 Å². The summed E-state index contributed by atoms with van der Waals surface area (Å²) in [6.45, 7) is -4.76. The Hall–Kier alpha value is -0.560. The number of ether oxygens (including phenoxy) is 1. The van der Waals surface area contributed by atoms with Crippen LogP contribution in [0, 0.1) is 0 Å². The fourth-order valence-electron chi connectivity index (χ4n) is 0.429. The third-order valence-corrected chi connectivity index (χ3v) is 2.92. The monoisotopic (exact) mass is 310 g/mol. The lowest BCUT2D eigenvalue weighted by atomic mass is 10.7. The first-order valence-corrected chi connectivity index (χ1v) is 6.19. The Morgan fingerprint density at radius 1 is 0.765 bits per heavy atom. The van der Waals surface area contributed by atoms with Crippen LogP contribution in [-0.4, -0.2) is 40.6 Å². The molecule has 0 aliphatic carbocycles. The summed E-state index contributed by atoms with van der Waals surface area (Å²) >= 11 is 0. The van der Waals surface area contributed by atoms with Crippen molar-refractivity contribution in [3.8, 4) is 0 Å². The SMILES string of the molecule is O=S(=O)(F)C(F)(F)COCC(F)(F)S(=O)(=O)F. The summed E-state index contributed by atoms with van der Waals surface area (Å²) in [6.07, 6.45) is 0. The molecule has 13 heteroatoms. The van der Waals surface area contributed by atoms with Crippen molar-refractivity contribution in [1.82, 2.24) is 0 Å². The van der Waals surface area contributed by atoms with Gasteiger partial charge in [-0.25, -0.2) is 0 Å². The molecule has 0 unspecified atom stereocenters. The van der Waals surface area contributed by atoms with Crippen molar-refractivity contribution in [2.45, 2.75) is 10.5 Å². The maximum Gasteiger partial charge on any atom is 0.396 e. The van der Waals surface area contributed by atoms with E-state index in [9.17, 15) is 42.2 Å². The number of alkyl halides is 4. The normalized spacial score (nSPS) is 14.9. The predicted octanol–water partition coefficient (Wildman–Crippen LogP) is 0.787. The lowest BCUT2D eigenvalue weighted by molar-refractivity contribution is -0.0686. The molecule has 0 aromatic heterocycles. The molecule has 0 saturated heterocycles. The average molecular weight is 310 g/mol. The average Bonchev–Trinajstić information content (AvgIpc) is 1.98. The van der Waals surface area contributed by atoms with Crippen LogP contribution in [0.1, 0.15) is 0 Å². The summed E-state index contributed by atoms with van der Waals surface area (Å²) < 4.78 is 115. The van der Waals surface area contributed by atoms with Crippen LogP contribution in [0.4, 0.5) is 25.3 Å². The fraction of sp³-hybridized carbons (Fsp3) is 1.00. The second kappa shape index (κ2) is 4.61. The van der Waals surface area contributed by atoms with Gasteiger partial charge in [-0.1, -0.05) is 7.77 Å². The first kappa shape index (κ1) is 16.4. The Labute approximate surface area is 91.8 Å². The molecule has 0 aromatic rings. The minimum Gasteiger partial charge on any atom is -0.366 e. The summed E-state index contributed by atoms with van der Waals surface area (Å²) in [6, 6.07) is 0. The van der Waals surface area contributed by atoms with E-state index in [-0.39, 0.29) is 0 Å². The molecule has 0 radical (unpaired) electrons. The molecule has 5 nitrogen and oxygen atoms in total. The van der Waals surface area contributed by atoms with Crippen LogP contribution in [0.5, 0.6) is 0 Å². The van der Waals surface area contributed by atoms with E-state index in [1.165, 1.54) is 0 Å². The molecule has 0 atom stereocenters. The fourth-order valence-corrected chi connectivity index (χ4v) is 0.878. The highest BCUT2D eigenvalue weighted by atomic mass is 32.3. The number of hydrogen-bond acceptors (Lipinski definition) is 5. The Bertz CT molecular complexity index is 423. The van der Waals surface area contributed by atoms with E-state index in [1.807, 2.05) is 0 Å². The van der Waals surface area contributed by atoms with Gasteiger partial charge in [0.15, 0.2) is 0 Å². The van der Waals surface area contributed by atoms with Crippen molar-refractivity contribution in [1.29, 1.82) is 0 Å². The van der Waals surface area contributed by atoms with Crippen LogP contribution in [0.3, 0.4) is 0 Å². The standard InChI is InChI=1S/C4H4F6O5S2/c5-3(6,16(9,11)12)1-15-2-4(7,8)17(10,13)14/h1-2H2. The minimum absolute atomic E-state index is 2.38. The largest absolute Gasteiger partial charge is 0.396 e. The molecule has 0 fully saturated rings. The molecule has 17 heavy (non-hydrogen) atoms. The Balaban J connectivity index is 4.57. The maximum absolute atomic E-state index is 12.2. The molecule has 0 N–H and O–H groups in total. The molecule has 0 amide bonds. The summed E-state index contributed by atoms with van der Waals surface area (Å²) in [7, 11) is -12.8. The van der Waals surface area contributed by atoms with Crippen LogP contribution in [0.2, 0.25) is 0 Å². The lowest BCUT2D eigenvalue weighted by Crippen LogP contribution is -2.36. The quantitative estimate of drug-likeness (QED) is 0.535. The lowest BCUT2D eigenvalue weighted by Gasteiger charge is -2.15. The number of halogens is 6. The Kier molecular flexibility index (Phi) is 4.45. The zero-order valence-corrected chi connectivity index (χ0v) is 9.17. The van der Waals surface area contributed by atoms with Gasteiger partial charge in [0, 0.05) is 0 Å². The van der Waals surface area contributed by atoms with E-state index >= 15 is 0 Å². The van der Waals surface area contributed by atoms with Gasteiger partial charge in [0.2, 0.25) is 0 Å². The van der Waals surface area contributed by atoms with E-state index in [1.54, 1.807) is 0 Å². The summed E-state index contributed by atoms with van der Waals surface area (Å²) in [5.74, 6) is 0. The van der Waals surface area contributed by atoms with E-state index in [4.69, 9.17) is 0 Å². The van der Waals surface area contributed by atoms with Gasteiger partial charge < -0.3 is 4.74 Å². The Morgan fingerprint density at radius 3 is 1.18 bits per heavy atom. The molecule has 0 bridgehead atoms.